The minimum absolute atomic E-state index is 0.0191. The lowest BCUT2D eigenvalue weighted by Crippen LogP contribution is -2.60. The molecule has 0 spiro atoms. The van der Waals surface area contributed by atoms with Crippen molar-refractivity contribution in [1.82, 2.24) is 0 Å². The third-order valence-electron chi connectivity index (χ3n) is 7.08. The molecule has 0 bridgehead atoms. The quantitative estimate of drug-likeness (QED) is 0.188. The van der Waals surface area contributed by atoms with Crippen LogP contribution >= 0.6 is 0 Å². The molecule has 1 aromatic heterocycles. The van der Waals surface area contributed by atoms with Crippen LogP contribution in [0.25, 0.3) is 11.0 Å². The van der Waals surface area contributed by atoms with E-state index in [0.717, 1.165) is 5.57 Å². The Labute approximate surface area is 246 Å². The van der Waals surface area contributed by atoms with Gasteiger partial charge in [-0.05, 0) is 70.0 Å². The SMILES string of the molecule is COC1C(C)OC(Oc2ccc3c(O)c(NC(=O)c4ccc(O)c(CC=C(C)C)c4)c(=O)oc3c2C)C(O)C1OC(N)=O. The molecule has 6 N–H and O–H groups in total. The van der Waals surface area contributed by atoms with E-state index in [1.807, 2.05) is 19.9 Å². The first-order valence-electron chi connectivity index (χ1n) is 13.4. The van der Waals surface area contributed by atoms with Gasteiger partial charge in [-0.25, -0.2) is 9.59 Å². The van der Waals surface area contributed by atoms with Crippen molar-refractivity contribution in [3.05, 3.63) is 69.1 Å². The number of carbonyl (C=O) groups is 2. The van der Waals surface area contributed by atoms with Crippen molar-refractivity contribution in [2.75, 3.05) is 12.4 Å². The average molecular weight is 599 g/mol. The highest BCUT2D eigenvalue weighted by Crippen LogP contribution is 2.37. The summed E-state index contributed by atoms with van der Waals surface area (Å²) >= 11 is 0. The Balaban J connectivity index is 1.61. The van der Waals surface area contributed by atoms with Gasteiger partial charge < -0.3 is 49.7 Å². The molecule has 1 fully saturated rings. The molecule has 2 heterocycles. The summed E-state index contributed by atoms with van der Waals surface area (Å²) in [5, 5.41) is 34.4. The van der Waals surface area contributed by atoms with Gasteiger partial charge in [0.25, 0.3) is 5.91 Å². The number of methoxy groups -OCH3 is 1. The predicted octanol–water partition coefficient (Wildman–Crippen LogP) is 3.24. The van der Waals surface area contributed by atoms with Crippen LogP contribution in [0, 0.1) is 6.92 Å². The third-order valence-corrected chi connectivity index (χ3v) is 7.08. The minimum atomic E-state index is -1.50. The zero-order chi connectivity index (χ0) is 31.6. The van der Waals surface area contributed by atoms with Crippen LogP contribution < -0.4 is 21.4 Å². The molecule has 0 radical (unpaired) electrons. The van der Waals surface area contributed by atoms with Gasteiger partial charge in [-0.3, -0.25) is 4.79 Å². The van der Waals surface area contributed by atoms with Crippen molar-refractivity contribution < 1.29 is 48.3 Å². The maximum Gasteiger partial charge on any atom is 0.404 e. The zero-order valence-corrected chi connectivity index (χ0v) is 24.2. The Morgan fingerprint density at radius 3 is 2.51 bits per heavy atom. The first-order valence-corrected chi connectivity index (χ1v) is 13.4. The molecule has 0 aliphatic carbocycles. The Kier molecular flexibility index (Phi) is 9.28. The number of hydrogen-bond acceptors (Lipinski definition) is 11. The van der Waals surface area contributed by atoms with Gasteiger partial charge in [-0.1, -0.05) is 11.6 Å². The molecule has 2 amide bonds. The van der Waals surface area contributed by atoms with Gasteiger partial charge in [0.05, 0.1) is 11.5 Å². The molecular formula is C30H34N2O11. The lowest BCUT2D eigenvalue weighted by Gasteiger charge is -2.41. The fraction of sp³-hybridized carbons (Fsp3) is 0.367. The summed E-state index contributed by atoms with van der Waals surface area (Å²) in [6, 6.07) is 7.11. The number of anilines is 1. The highest BCUT2D eigenvalue weighted by Gasteiger charge is 2.47. The summed E-state index contributed by atoms with van der Waals surface area (Å²) in [6.45, 7) is 7.01. The van der Waals surface area contributed by atoms with Gasteiger partial charge in [-0.2, -0.15) is 0 Å². The van der Waals surface area contributed by atoms with E-state index in [1.165, 1.54) is 37.4 Å². The number of aliphatic hydroxyl groups is 1. The number of carbonyl (C=O) groups excluding carboxylic acids is 2. The smallest absolute Gasteiger partial charge is 0.404 e. The number of nitrogens with two attached hydrogens (primary N) is 1. The number of hydrogen-bond donors (Lipinski definition) is 5. The molecule has 230 valence electrons. The highest BCUT2D eigenvalue weighted by molar-refractivity contribution is 6.06. The molecule has 1 saturated heterocycles. The number of phenols is 1. The molecule has 2 aromatic carbocycles. The van der Waals surface area contributed by atoms with E-state index >= 15 is 0 Å². The third kappa shape index (κ3) is 6.58. The number of fused-ring (bicyclic) bond motifs is 1. The second-order valence-corrected chi connectivity index (χ2v) is 10.4. The maximum absolute atomic E-state index is 13.0. The van der Waals surface area contributed by atoms with Crippen molar-refractivity contribution in [3.8, 4) is 17.2 Å². The van der Waals surface area contributed by atoms with Gasteiger partial charge in [0.1, 0.15) is 23.2 Å². The molecule has 5 atom stereocenters. The summed E-state index contributed by atoms with van der Waals surface area (Å²) in [5.41, 5.74) is 5.60. The number of ether oxygens (including phenoxy) is 4. The standard InChI is InChI=1S/C30H34N2O11/c1-13(2)6-7-16-12-17(8-10-19(16)33)27(36)32-21-22(34)18-9-11-20(14(3)24(18)42-28(21)37)41-29-23(35)26(43-30(31)38)25(39-5)15(4)40-29/h6,8-12,15,23,25-26,29,33-35H,7H2,1-5H3,(H2,31,38)(H,32,36). The lowest BCUT2D eigenvalue weighted by molar-refractivity contribution is -0.271. The number of rotatable bonds is 8. The molecule has 0 saturated carbocycles. The Morgan fingerprint density at radius 1 is 1.14 bits per heavy atom. The second kappa shape index (κ2) is 12.7. The van der Waals surface area contributed by atoms with Crippen LogP contribution in [0.5, 0.6) is 17.2 Å². The number of benzene rings is 2. The average Bonchev–Trinajstić information content (AvgIpc) is 2.94. The molecule has 13 nitrogen and oxygen atoms in total. The van der Waals surface area contributed by atoms with Crippen LogP contribution in [0.4, 0.5) is 10.5 Å². The fourth-order valence-corrected chi connectivity index (χ4v) is 4.80. The number of phenolic OH excluding ortho intramolecular Hbond substituents is 1. The zero-order valence-electron chi connectivity index (χ0n) is 24.2. The Morgan fingerprint density at radius 2 is 1.86 bits per heavy atom. The van der Waals surface area contributed by atoms with E-state index in [9.17, 15) is 29.7 Å². The minimum Gasteiger partial charge on any atom is -0.508 e. The van der Waals surface area contributed by atoms with Crippen molar-refractivity contribution in [2.24, 2.45) is 5.73 Å². The highest BCUT2D eigenvalue weighted by atomic mass is 16.7. The molecule has 1 aliphatic heterocycles. The molecule has 13 heteroatoms. The van der Waals surface area contributed by atoms with Gasteiger partial charge in [0.2, 0.25) is 6.29 Å². The van der Waals surface area contributed by atoms with Crippen molar-refractivity contribution in [1.29, 1.82) is 0 Å². The van der Waals surface area contributed by atoms with Crippen LogP contribution in [0.2, 0.25) is 0 Å². The van der Waals surface area contributed by atoms with Crippen molar-refractivity contribution >= 4 is 28.7 Å². The van der Waals surface area contributed by atoms with E-state index in [1.54, 1.807) is 13.8 Å². The van der Waals surface area contributed by atoms with Gasteiger partial charge in [0, 0.05) is 18.2 Å². The molecular weight excluding hydrogens is 564 g/mol. The van der Waals surface area contributed by atoms with Crippen LogP contribution in [-0.2, 0) is 20.6 Å². The summed E-state index contributed by atoms with van der Waals surface area (Å²) < 4.78 is 27.4. The normalized spacial score (nSPS) is 21.7. The number of primary amides is 1. The second-order valence-electron chi connectivity index (χ2n) is 10.4. The largest absolute Gasteiger partial charge is 0.508 e. The molecule has 3 aromatic rings. The summed E-state index contributed by atoms with van der Waals surface area (Å²) in [7, 11) is 1.36. The monoisotopic (exact) mass is 598 g/mol. The first-order chi connectivity index (χ1) is 20.3. The van der Waals surface area contributed by atoms with Crippen molar-refractivity contribution in [3.63, 3.8) is 0 Å². The summed E-state index contributed by atoms with van der Waals surface area (Å²) in [6.07, 6.45) is -4.33. The summed E-state index contributed by atoms with van der Waals surface area (Å²) in [4.78, 5) is 37.3. The number of aryl methyl sites for hydroxylation is 1. The van der Waals surface area contributed by atoms with Crippen molar-refractivity contribution in [2.45, 2.75) is 64.8 Å². The van der Waals surface area contributed by atoms with E-state index < -0.39 is 59.8 Å². The maximum atomic E-state index is 13.0. The van der Waals surface area contributed by atoms with E-state index in [2.05, 4.69) is 5.32 Å². The van der Waals surface area contributed by atoms with Crippen LogP contribution in [0.15, 0.2) is 51.2 Å². The molecule has 1 aliphatic rings. The number of nitrogens with one attached hydrogen (secondary N) is 1. The number of allylic oxidation sites excluding steroid dienone is 2. The molecule has 5 unspecified atom stereocenters. The van der Waals surface area contributed by atoms with E-state index in [0.29, 0.717) is 12.0 Å². The number of aliphatic hydroxyl groups excluding tert-OH is 1. The van der Waals surface area contributed by atoms with Gasteiger partial charge >= 0.3 is 11.7 Å². The topological polar surface area (TPSA) is 200 Å². The van der Waals surface area contributed by atoms with E-state index in [4.69, 9.17) is 29.1 Å². The Bertz CT molecular complexity index is 1630. The molecule has 4 rings (SSSR count). The number of amides is 2. The molecule has 43 heavy (non-hydrogen) atoms. The first kappa shape index (κ1) is 31.3. The van der Waals surface area contributed by atoms with Crippen LogP contribution in [0.1, 0.15) is 42.3 Å². The fourth-order valence-electron chi connectivity index (χ4n) is 4.80. The van der Waals surface area contributed by atoms with Gasteiger partial charge in [-0.15, -0.1) is 0 Å². The van der Waals surface area contributed by atoms with Crippen LogP contribution in [-0.4, -0.2) is 65.1 Å². The number of aromatic hydroxyl groups is 2. The summed E-state index contributed by atoms with van der Waals surface area (Å²) in [5.74, 6) is -1.08. The predicted molar refractivity (Wildman–Crippen MR) is 154 cm³/mol. The van der Waals surface area contributed by atoms with Crippen LogP contribution in [0.3, 0.4) is 0 Å². The lowest BCUT2D eigenvalue weighted by atomic mass is 9.99. The van der Waals surface area contributed by atoms with E-state index in [-0.39, 0.29) is 33.6 Å². The Hall–Kier alpha value is -4.59. The van der Waals surface area contributed by atoms with Gasteiger partial charge in [0.15, 0.2) is 23.6 Å².